The Balaban J connectivity index is 2.50. The van der Waals surface area contributed by atoms with Gasteiger partial charge in [0.15, 0.2) is 11.5 Å². The topological polar surface area (TPSA) is 53.7 Å². The van der Waals surface area contributed by atoms with Crippen LogP contribution in [0.3, 0.4) is 0 Å². The molecule has 110 valence electrons. The average Bonchev–Trinajstić information content (AvgIpc) is 2.82. The zero-order valence-corrected chi connectivity index (χ0v) is 10.9. The molecular formula is C12H15F3N4O. The number of alkyl halides is 3. The van der Waals surface area contributed by atoms with E-state index >= 15 is 0 Å². The summed E-state index contributed by atoms with van der Waals surface area (Å²) in [5.41, 5.74) is -0.672. The Bertz CT molecular complexity index is 576. The highest BCUT2D eigenvalue weighted by Crippen LogP contribution is 2.30. The van der Waals surface area contributed by atoms with Crippen LogP contribution in [0.4, 0.5) is 19.0 Å². The summed E-state index contributed by atoms with van der Waals surface area (Å²) in [7, 11) is 0. The van der Waals surface area contributed by atoms with E-state index in [2.05, 4.69) is 10.1 Å². The largest absolute Gasteiger partial charge is 0.435 e. The minimum absolute atomic E-state index is 0.0942. The van der Waals surface area contributed by atoms with Crippen LogP contribution in [0.1, 0.15) is 19.0 Å². The van der Waals surface area contributed by atoms with Gasteiger partial charge in [0.05, 0.1) is 6.61 Å². The van der Waals surface area contributed by atoms with Crippen molar-refractivity contribution in [3.05, 3.63) is 24.2 Å². The molecule has 20 heavy (non-hydrogen) atoms. The molecule has 0 radical (unpaired) electrons. The normalized spacial score (nSPS) is 12.1. The first kappa shape index (κ1) is 14.6. The highest BCUT2D eigenvalue weighted by Gasteiger charge is 2.34. The van der Waals surface area contributed by atoms with Crippen molar-refractivity contribution in [2.24, 2.45) is 0 Å². The molecule has 2 heterocycles. The van der Waals surface area contributed by atoms with Gasteiger partial charge in [-0.05, 0) is 6.42 Å². The fraction of sp³-hybridized carbons (Fsp3) is 0.500. The second kappa shape index (κ2) is 5.66. The van der Waals surface area contributed by atoms with Gasteiger partial charge in [-0.25, -0.2) is 9.50 Å². The molecule has 0 atom stereocenters. The Hall–Kier alpha value is -1.83. The van der Waals surface area contributed by atoms with Gasteiger partial charge in [0.1, 0.15) is 5.52 Å². The predicted molar refractivity (Wildman–Crippen MR) is 67.6 cm³/mol. The fourth-order valence-corrected chi connectivity index (χ4v) is 2.00. The van der Waals surface area contributed by atoms with E-state index in [-0.39, 0.29) is 12.1 Å². The zero-order valence-electron chi connectivity index (χ0n) is 10.9. The molecule has 0 spiro atoms. The lowest BCUT2D eigenvalue weighted by atomic mass is 10.3. The number of rotatable bonds is 5. The Kier molecular flexibility index (Phi) is 4.12. The molecule has 0 aliphatic carbocycles. The van der Waals surface area contributed by atoms with Crippen LogP contribution in [-0.2, 0) is 6.18 Å². The lowest BCUT2D eigenvalue weighted by molar-refractivity contribution is -0.141. The van der Waals surface area contributed by atoms with Crippen molar-refractivity contribution in [3.63, 3.8) is 0 Å². The summed E-state index contributed by atoms with van der Waals surface area (Å²) in [5, 5.41) is 12.6. The molecule has 1 N–H and O–H groups in total. The summed E-state index contributed by atoms with van der Waals surface area (Å²) in [6.07, 6.45) is -0.925. The van der Waals surface area contributed by atoms with Crippen LogP contribution in [0.5, 0.6) is 0 Å². The second-order valence-corrected chi connectivity index (χ2v) is 4.32. The third kappa shape index (κ3) is 2.84. The van der Waals surface area contributed by atoms with Gasteiger partial charge in [-0.3, -0.25) is 0 Å². The van der Waals surface area contributed by atoms with Crippen molar-refractivity contribution in [3.8, 4) is 0 Å². The molecule has 2 rings (SSSR count). The monoisotopic (exact) mass is 288 g/mol. The summed E-state index contributed by atoms with van der Waals surface area (Å²) < 4.78 is 39.3. The van der Waals surface area contributed by atoms with E-state index in [1.165, 1.54) is 12.4 Å². The lowest BCUT2D eigenvalue weighted by Crippen LogP contribution is -2.28. The first-order valence-corrected chi connectivity index (χ1v) is 6.24. The van der Waals surface area contributed by atoms with Gasteiger partial charge in [0.2, 0.25) is 0 Å². The Morgan fingerprint density at radius 1 is 1.35 bits per heavy atom. The molecule has 0 unspecified atom stereocenters. The van der Waals surface area contributed by atoms with Crippen LogP contribution in [-0.4, -0.2) is 39.4 Å². The van der Waals surface area contributed by atoms with Crippen molar-refractivity contribution in [2.45, 2.75) is 19.5 Å². The van der Waals surface area contributed by atoms with E-state index < -0.39 is 11.9 Å². The maximum atomic E-state index is 12.7. The molecule has 8 heteroatoms. The quantitative estimate of drug-likeness (QED) is 0.913. The van der Waals surface area contributed by atoms with E-state index in [1.807, 2.05) is 6.92 Å². The maximum Gasteiger partial charge on any atom is 0.435 e. The number of hydrogen-bond acceptors (Lipinski definition) is 4. The molecule has 0 saturated heterocycles. The minimum atomic E-state index is -4.49. The van der Waals surface area contributed by atoms with Crippen LogP contribution in [0, 0.1) is 0 Å². The third-order valence-electron chi connectivity index (χ3n) is 2.82. The molecule has 0 aliphatic heterocycles. The number of aromatic nitrogens is 3. The predicted octanol–water partition coefficient (Wildman–Crippen LogP) is 1.96. The molecule has 2 aromatic heterocycles. The Morgan fingerprint density at radius 3 is 2.70 bits per heavy atom. The van der Waals surface area contributed by atoms with Crippen LogP contribution in [0.25, 0.3) is 5.52 Å². The minimum Gasteiger partial charge on any atom is -0.395 e. The molecule has 0 amide bonds. The molecule has 2 aromatic rings. The summed E-state index contributed by atoms with van der Waals surface area (Å²) in [5.74, 6) is 0.395. The number of fused-ring (bicyclic) bond motifs is 1. The van der Waals surface area contributed by atoms with Gasteiger partial charge in [-0.2, -0.15) is 18.3 Å². The van der Waals surface area contributed by atoms with E-state index in [4.69, 9.17) is 5.11 Å². The summed E-state index contributed by atoms with van der Waals surface area (Å²) >= 11 is 0. The number of hydrogen-bond donors (Lipinski definition) is 1. The van der Waals surface area contributed by atoms with Crippen molar-refractivity contribution in [2.75, 3.05) is 24.6 Å². The van der Waals surface area contributed by atoms with Crippen molar-refractivity contribution in [1.82, 2.24) is 14.6 Å². The average molecular weight is 288 g/mol. The van der Waals surface area contributed by atoms with Crippen LogP contribution in [0.2, 0.25) is 0 Å². The van der Waals surface area contributed by atoms with E-state index in [1.54, 1.807) is 4.90 Å². The van der Waals surface area contributed by atoms with Crippen LogP contribution >= 0.6 is 0 Å². The van der Waals surface area contributed by atoms with E-state index in [9.17, 15) is 13.2 Å². The number of nitrogens with zero attached hydrogens (tertiary/aromatic N) is 4. The molecule has 0 aliphatic rings. The first-order chi connectivity index (χ1) is 9.47. The van der Waals surface area contributed by atoms with Gasteiger partial charge in [-0.1, -0.05) is 6.92 Å². The highest BCUT2D eigenvalue weighted by molar-refractivity contribution is 5.69. The third-order valence-corrected chi connectivity index (χ3v) is 2.82. The van der Waals surface area contributed by atoms with Crippen LogP contribution in [0.15, 0.2) is 18.5 Å². The second-order valence-electron chi connectivity index (χ2n) is 4.32. The Labute approximate surface area is 113 Å². The summed E-state index contributed by atoms with van der Waals surface area (Å²) in [6.45, 7) is 2.76. The smallest absolute Gasteiger partial charge is 0.395 e. The summed E-state index contributed by atoms with van der Waals surface area (Å²) in [6, 6.07) is 0.975. The van der Waals surface area contributed by atoms with E-state index in [0.717, 1.165) is 17.0 Å². The molecular weight excluding hydrogens is 273 g/mol. The van der Waals surface area contributed by atoms with E-state index in [0.29, 0.717) is 18.9 Å². The molecule has 0 bridgehead atoms. The number of halogens is 3. The molecule has 0 aromatic carbocycles. The molecule has 0 saturated carbocycles. The van der Waals surface area contributed by atoms with Gasteiger partial charge < -0.3 is 10.0 Å². The van der Waals surface area contributed by atoms with Crippen molar-refractivity contribution < 1.29 is 18.3 Å². The van der Waals surface area contributed by atoms with Gasteiger partial charge in [0.25, 0.3) is 0 Å². The highest BCUT2D eigenvalue weighted by atomic mass is 19.4. The lowest BCUT2D eigenvalue weighted by Gasteiger charge is -2.22. The van der Waals surface area contributed by atoms with Crippen LogP contribution < -0.4 is 4.90 Å². The number of aliphatic hydroxyl groups is 1. The summed E-state index contributed by atoms with van der Waals surface area (Å²) in [4.78, 5) is 5.87. The van der Waals surface area contributed by atoms with Gasteiger partial charge in [-0.15, -0.1) is 0 Å². The standard InChI is InChI=1S/C12H15F3N4O/c1-2-4-18(6-7-20)11-9-8-10(12(13,14)15)17-19(9)5-3-16-11/h3,5,8,20H,2,4,6-7H2,1H3. The zero-order chi connectivity index (χ0) is 14.8. The van der Waals surface area contributed by atoms with Crippen molar-refractivity contribution >= 4 is 11.3 Å². The molecule has 5 nitrogen and oxygen atoms in total. The fourth-order valence-electron chi connectivity index (χ4n) is 2.00. The van der Waals surface area contributed by atoms with Crippen molar-refractivity contribution in [1.29, 1.82) is 0 Å². The van der Waals surface area contributed by atoms with Gasteiger partial charge >= 0.3 is 6.18 Å². The SMILES string of the molecule is CCCN(CCO)c1nccn2nc(C(F)(F)F)cc12. The Morgan fingerprint density at radius 2 is 2.10 bits per heavy atom. The first-order valence-electron chi connectivity index (χ1n) is 6.24. The number of anilines is 1. The number of aliphatic hydroxyl groups excluding tert-OH is 1. The van der Waals surface area contributed by atoms with Gasteiger partial charge in [0, 0.05) is 31.5 Å². The molecule has 0 fully saturated rings. The maximum absolute atomic E-state index is 12.7.